The van der Waals surface area contributed by atoms with Gasteiger partial charge in [0.2, 0.25) is 0 Å². The van der Waals surface area contributed by atoms with Crippen molar-refractivity contribution in [1.82, 2.24) is 9.78 Å². The van der Waals surface area contributed by atoms with Gasteiger partial charge in [0.25, 0.3) is 0 Å². The van der Waals surface area contributed by atoms with E-state index in [4.69, 9.17) is 0 Å². The summed E-state index contributed by atoms with van der Waals surface area (Å²) in [7, 11) is 0. The summed E-state index contributed by atoms with van der Waals surface area (Å²) >= 11 is 0. The number of hydrogen-bond acceptors (Lipinski definition) is 1. The van der Waals surface area contributed by atoms with Crippen LogP contribution in [-0.2, 0) is 13.0 Å². The van der Waals surface area contributed by atoms with Crippen LogP contribution in [-0.4, -0.2) is 9.78 Å². The SMILES string of the molecule is [CH2]c1cnn2c1CCC2. The molecule has 1 radical (unpaired) electrons. The predicted molar refractivity (Wildman–Crippen MR) is 35.0 cm³/mol. The van der Waals surface area contributed by atoms with Gasteiger partial charge in [-0.15, -0.1) is 0 Å². The summed E-state index contributed by atoms with van der Waals surface area (Å²) in [5, 5.41) is 4.15. The van der Waals surface area contributed by atoms with Gasteiger partial charge in [0.1, 0.15) is 0 Å². The lowest BCUT2D eigenvalue weighted by atomic mass is 10.2. The van der Waals surface area contributed by atoms with Gasteiger partial charge in [-0.05, 0) is 25.3 Å². The third-order valence-corrected chi connectivity index (χ3v) is 1.82. The van der Waals surface area contributed by atoms with E-state index < -0.39 is 0 Å². The molecule has 0 aromatic carbocycles. The Balaban J connectivity index is 2.56. The first kappa shape index (κ1) is 5.03. The molecular formula is C7H9N2. The number of nitrogens with zero attached hydrogens (tertiary/aromatic N) is 2. The summed E-state index contributed by atoms with van der Waals surface area (Å²) in [4.78, 5) is 0. The van der Waals surface area contributed by atoms with E-state index in [9.17, 15) is 0 Å². The topological polar surface area (TPSA) is 17.8 Å². The lowest BCUT2D eigenvalue weighted by Gasteiger charge is -1.90. The summed E-state index contributed by atoms with van der Waals surface area (Å²) in [6.45, 7) is 4.96. The van der Waals surface area contributed by atoms with Crippen LogP contribution in [0, 0.1) is 6.92 Å². The molecule has 2 nitrogen and oxygen atoms in total. The Morgan fingerprint density at radius 1 is 1.67 bits per heavy atom. The third kappa shape index (κ3) is 0.590. The number of fused-ring (bicyclic) bond motifs is 1. The van der Waals surface area contributed by atoms with Crippen LogP contribution < -0.4 is 0 Å². The molecule has 0 fully saturated rings. The van der Waals surface area contributed by atoms with Crippen molar-refractivity contribution in [2.24, 2.45) is 0 Å². The van der Waals surface area contributed by atoms with Crippen molar-refractivity contribution in [2.75, 3.05) is 0 Å². The van der Waals surface area contributed by atoms with E-state index in [1.807, 2.05) is 10.9 Å². The van der Waals surface area contributed by atoms with Crippen LogP contribution in [0.3, 0.4) is 0 Å². The lowest BCUT2D eigenvalue weighted by Crippen LogP contribution is -1.92. The molecule has 0 atom stereocenters. The molecule has 2 heteroatoms. The third-order valence-electron chi connectivity index (χ3n) is 1.82. The maximum atomic E-state index is 4.15. The Hall–Kier alpha value is -0.790. The van der Waals surface area contributed by atoms with Crippen molar-refractivity contribution in [3.8, 4) is 0 Å². The van der Waals surface area contributed by atoms with Crippen molar-refractivity contribution >= 4 is 0 Å². The van der Waals surface area contributed by atoms with Crippen molar-refractivity contribution in [1.29, 1.82) is 0 Å². The van der Waals surface area contributed by atoms with E-state index in [-0.39, 0.29) is 0 Å². The normalized spacial score (nSPS) is 16.1. The minimum atomic E-state index is 1.09. The Labute approximate surface area is 54.5 Å². The van der Waals surface area contributed by atoms with Crippen LogP contribution in [0.25, 0.3) is 0 Å². The fraction of sp³-hybridized carbons (Fsp3) is 0.429. The molecule has 2 rings (SSSR count). The minimum Gasteiger partial charge on any atom is -0.269 e. The number of aryl methyl sites for hydroxylation is 1. The van der Waals surface area contributed by atoms with Gasteiger partial charge in [-0.25, -0.2) is 0 Å². The maximum Gasteiger partial charge on any atom is 0.0524 e. The van der Waals surface area contributed by atoms with E-state index in [1.165, 1.54) is 18.5 Å². The van der Waals surface area contributed by atoms with E-state index in [1.54, 1.807) is 0 Å². The zero-order valence-corrected chi connectivity index (χ0v) is 5.30. The molecule has 0 saturated carbocycles. The Morgan fingerprint density at radius 2 is 2.56 bits per heavy atom. The Bertz CT molecular complexity index is 225. The van der Waals surface area contributed by atoms with E-state index in [0.29, 0.717) is 0 Å². The molecule has 47 valence electrons. The first-order valence-corrected chi connectivity index (χ1v) is 3.24. The second-order valence-corrected chi connectivity index (χ2v) is 2.44. The second kappa shape index (κ2) is 1.59. The number of aromatic nitrogens is 2. The summed E-state index contributed by atoms with van der Waals surface area (Å²) in [5.74, 6) is 0. The van der Waals surface area contributed by atoms with Crippen LogP contribution in [0.2, 0.25) is 0 Å². The molecule has 1 aromatic rings. The van der Waals surface area contributed by atoms with Crippen molar-refractivity contribution in [2.45, 2.75) is 19.4 Å². The largest absolute Gasteiger partial charge is 0.269 e. The van der Waals surface area contributed by atoms with Gasteiger partial charge in [-0.2, -0.15) is 5.10 Å². The van der Waals surface area contributed by atoms with Crippen LogP contribution in [0.5, 0.6) is 0 Å². The smallest absolute Gasteiger partial charge is 0.0524 e. The molecule has 0 bridgehead atoms. The van der Waals surface area contributed by atoms with Gasteiger partial charge in [-0.3, -0.25) is 4.68 Å². The molecule has 0 aliphatic carbocycles. The minimum absolute atomic E-state index is 1.09. The van der Waals surface area contributed by atoms with E-state index in [2.05, 4.69) is 12.0 Å². The van der Waals surface area contributed by atoms with Gasteiger partial charge in [0.15, 0.2) is 0 Å². The molecule has 2 heterocycles. The molecule has 9 heavy (non-hydrogen) atoms. The van der Waals surface area contributed by atoms with Gasteiger partial charge in [0, 0.05) is 12.2 Å². The highest BCUT2D eigenvalue weighted by molar-refractivity contribution is 5.22. The Kier molecular flexibility index (Phi) is 0.891. The molecule has 1 aliphatic rings. The molecule has 0 saturated heterocycles. The van der Waals surface area contributed by atoms with E-state index in [0.717, 1.165) is 12.1 Å². The van der Waals surface area contributed by atoms with Gasteiger partial charge < -0.3 is 0 Å². The van der Waals surface area contributed by atoms with Crippen LogP contribution in [0.4, 0.5) is 0 Å². The van der Waals surface area contributed by atoms with Gasteiger partial charge >= 0.3 is 0 Å². The van der Waals surface area contributed by atoms with E-state index >= 15 is 0 Å². The molecule has 0 N–H and O–H groups in total. The predicted octanol–water partition coefficient (Wildman–Crippen LogP) is 1.01. The molecule has 1 aromatic heterocycles. The Morgan fingerprint density at radius 3 is 3.33 bits per heavy atom. The fourth-order valence-corrected chi connectivity index (χ4v) is 1.33. The van der Waals surface area contributed by atoms with Crippen molar-refractivity contribution < 1.29 is 0 Å². The molecule has 1 aliphatic heterocycles. The summed E-state index contributed by atoms with van der Waals surface area (Å²) in [6, 6.07) is 0. The molecule has 0 spiro atoms. The van der Waals surface area contributed by atoms with Crippen molar-refractivity contribution in [3.63, 3.8) is 0 Å². The van der Waals surface area contributed by atoms with Crippen molar-refractivity contribution in [3.05, 3.63) is 24.4 Å². The zero-order chi connectivity index (χ0) is 6.27. The first-order valence-electron chi connectivity index (χ1n) is 3.24. The number of rotatable bonds is 0. The standard InChI is InChI=1S/C7H9N2/c1-6-5-8-9-4-2-3-7(6)9/h5H,1-4H2. The lowest BCUT2D eigenvalue weighted by molar-refractivity contribution is 0.656. The average Bonchev–Trinajstić information content (AvgIpc) is 2.35. The quantitative estimate of drug-likeness (QED) is 0.501. The second-order valence-electron chi connectivity index (χ2n) is 2.44. The molecule has 0 unspecified atom stereocenters. The number of hydrogen-bond donors (Lipinski definition) is 0. The van der Waals surface area contributed by atoms with Crippen LogP contribution >= 0.6 is 0 Å². The highest BCUT2D eigenvalue weighted by Crippen LogP contribution is 2.16. The van der Waals surface area contributed by atoms with Gasteiger partial charge in [0.05, 0.1) is 6.20 Å². The highest BCUT2D eigenvalue weighted by atomic mass is 15.3. The fourth-order valence-electron chi connectivity index (χ4n) is 1.33. The van der Waals surface area contributed by atoms with Crippen LogP contribution in [0.1, 0.15) is 17.7 Å². The highest BCUT2D eigenvalue weighted by Gasteiger charge is 2.12. The van der Waals surface area contributed by atoms with Gasteiger partial charge in [-0.1, -0.05) is 0 Å². The maximum absolute atomic E-state index is 4.15. The molecule has 0 amide bonds. The summed E-state index contributed by atoms with van der Waals surface area (Å²) in [5.41, 5.74) is 2.43. The summed E-state index contributed by atoms with van der Waals surface area (Å²) < 4.78 is 2.04. The summed E-state index contributed by atoms with van der Waals surface area (Å²) in [6.07, 6.45) is 4.25. The monoisotopic (exact) mass is 121 g/mol. The zero-order valence-electron chi connectivity index (χ0n) is 5.30. The average molecular weight is 121 g/mol. The van der Waals surface area contributed by atoms with Crippen LogP contribution in [0.15, 0.2) is 6.20 Å². The first-order chi connectivity index (χ1) is 4.38. The molecular weight excluding hydrogens is 112 g/mol.